The zero-order chi connectivity index (χ0) is 13.1. The summed E-state index contributed by atoms with van der Waals surface area (Å²) in [5, 5.41) is 9.00. The third kappa shape index (κ3) is 4.27. The fourth-order valence-electron chi connectivity index (χ4n) is 2.83. The van der Waals surface area contributed by atoms with E-state index in [9.17, 15) is 0 Å². The maximum absolute atomic E-state index is 9.00. The van der Waals surface area contributed by atoms with Crippen molar-refractivity contribution in [2.75, 3.05) is 27.2 Å². The van der Waals surface area contributed by atoms with E-state index >= 15 is 0 Å². The monoisotopic (exact) mass is 238 g/mol. The first-order chi connectivity index (χ1) is 7.85. The third-order valence-corrected chi connectivity index (χ3v) is 3.54. The quantitative estimate of drug-likeness (QED) is 0.777. The lowest BCUT2D eigenvalue weighted by Gasteiger charge is -2.34. The standard InChI is InChI=1S/C13H26N4/c1-11(8-13(2,15)10-14)17-7-5-6-12(17)9-16(3)4/h11-12H,5-9,15H2,1-4H3. The Morgan fingerprint density at radius 1 is 1.59 bits per heavy atom. The largest absolute Gasteiger partial charge is 0.314 e. The molecule has 4 heteroatoms. The molecule has 3 unspecified atom stereocenters. The second kappa shape index (κ2) is 5.81. The molecule has 1 aliphatic rings. The van der Waals surface area contributed by atoms with E-state index in [4.69, 9.17) is 11.0 Å². The van der Waals surface area contributed by atoms with Crippen LogP contribution in [0.1, 0.15) is 33.1 Å². The summed E-state index contributed by atoms with van der Waals surface area (Å²) in [6.45, 7) is 6.25. The number of hydrogen-bond donors (Lipinski definition) is 1. The minimum absolute atomic E-state index is 0.386. The van der Waals surface area contributed by atoms with Crippen molar-refractivity contribution in [3.05, 3.63) is 0 Å². The molecule has 4 nitrogen and oxygen atoms in total. The van der Waals surface area contributed by atoms with Crippen molar-refractivity contribution in [3.8, 4) is 6.07 Å². The lowest BCUT2D eigenvalue weighted by Crippen LogP contribution is -2.47. The van der Waals surface area contributed by atoms with Crippen molar-refractivity contribution in [3.63, 3.8) is 0 Å². The van der Waals surface area contributed by atoms with E-state index in [1.54, 1.807) is 0 Å². The molecule has 1 heterocycles. The summed E-state index contributed by atoms with van der Waals surface area (Å²) < 4.78 is 0. The first-order valence-corrected chi connectivity index (χ1v) is 6.46. The molecular weight excluding hydrogens is 212 g/mol. The third-order valence-electron chi connectivity index (χ3n) is 3.54. The highest BCUT2D eigenvalue weighted by Gasteiger charge is 2.32. The topological polar surface area (TPSA) is 56.3 Å². The van der Waals surface area contributed by atoms with Gasteiger partial charge in [-0.15, -0.1) is 0 Å². The van der Waals surface area contributed by atoms with Gasteiger partial charge in [0.15, 0.2) is 0 Å². The smallest absolute Gasteiger partial charge is 0.102 e. The molecule has 17 heavy (non-hydrogen) atoms. The van der Waals surface area contributed by atoms with Crippen LogP contribution in [-0.4, -0.2) is 54.6 Å². The van der Waals surface area contributed by atoms with Crippen LogP contribution in [0.15, 0.2) is 0 Å². The second-order valence-electron chi connectivity index (χ2n) is 5.88. The highest BCUT2D eigenvalue weighted by Crippen LogP contribution is 2.24. The Morgan fingerprint density at radius 2 is 2.24 bits per heavy atom. The molecule has 3 atom stereocenters. The Kier molecular flexibility index (Phi) is 4.93. The van der Waals surface area contributed by atoms with Crippen molar-refractivity contribution in [1.29, 1.82) is 5.26 Å². The van der Waals surface area contributed by atoms with Gasteiger partial charge in [-0.05, 0) is 53.8 Å². The predicted octanol–water partition coefficient (Wildman–Crippen LogP) is 1.03. The van der Waals surface area contributed by atoms with Gasteiger partial charge < -0.3 is 10.6 Å². The maximum Gasteiger partial charge on any atom is 0.102 e. The normalized spacial score (nSPS) is 26.8. The maximum atomic E-state index is 9.00. The highest BCUT2D eigenvalue weighted by molar-refractivity contribution is 5.03. The van der Waals surface area contributed by atoms with Gasteiger partial charge in [0.1, 0.15) is 5.54 Å². The Bertz CT molecular complexity index is 280. The summed E-state index contributed by atoms with van der Waals surface area (Å²) in [5.74, 6) is 0. The van der Waals surface area contributed by atoms with Crippen LogP contribution < -0.4 is 5.73 Å². The van der Waals surface area contributed by atoms with Crippen LogP contribution in [0.3, 0.4) is 0 Å². The molecule has 1 fully saturated rings. The Morgan fingerprint density at radius 3 is 2.76 bits per heavy atom. The molecule has 0 aromatic heterocycles. The van der Waals surface area contributed by atoms with E-state index in [-0.39, 0.29) is 0 Å². The first-order valence-electron chi connectivity index (χ1n) is 6.46. The zero-order valence-electron chi connectivity index (χ0n) is 11.6. The molecule has 0 saturated carbocycles. The van der Waals surface area contributed by atoms with Crippen LogP contribution in [0, 0.1) is 11.3 Å². The lowest BCUT2D eigenvalue weighted by atomic mass is 9.95. The molecular formula is C13H26N4. The summed E-state index contributed by atoms with van der Waals surface area (Å²) in [6, 6.07) is 3.20. The van der Waals surface area contributed by atoms with Crippen LogP contribution in [0.5, 0.6) is 0 Å². The Labute approximate surface area is 105 Å². The molecule has 1 aliphatic heterocycles. The molecule has 0 bridgehead atoms. The van der Waals surface area contributed by atoms with Gasteiger partial charge in [-0.2, -0.15) is 5.26 Å². The van der Waals surface area contributed by atoms with E-state index in [0.717, 1.165) is 19.5 Å². The molecule has 0 amide bonds. The molecule has 98 valence electrons. The highest BCUT2D eigenvalue weighted by atomic mass is 15.2. The Balaban J connectivity index is 2.56. The molecule has 2 N–H and O–H groups in total. The van der Waals surface area contributed by atoms with E-state index < -0.39 is 5.54 Å². The van der Waals surface area contributed by atoms with Crippen molar-refractivity contribution < 1.29 is 0 Å². The van der Waals surface area contributed by atoms with Crippen LogP contribution in [0.2, 0.25) is 0 Å². The fraction of sp³-hybridized carbons (Fsp3) is 0.923. The summed E-state index contributed by atoms with van der Waals surface area (Å²) in [4.78, 5) is 4.75. The van der Waals surface area contributed by atoms with Crippen molar-refractivity contribution in [2.24, 2.45) is 5.73 Å². The summed E-state index contributed by atoms with van der Waals surface area (Å²) >= 11 is 0. The van der Waals surface area contributed by atoms with Gasteiger partial charge in [0.25, 0.3) is 0 Å². The van der Waals surface area contributed by atoms with Gasteiger partial charge in [-0.3, -0.25) is 4.90 Å². The number of likely N-dealkylation sites (tertiary alicyclic amines) is 1. The molecule has 0 radical (unpaired) electrons. The number of nitrogens with zero attached hydrogens (tertiary/aromatic N) is 3. The first kappa shape index (κ1) is 14.4. The SMILES string of the molecule is CC(CC(C)(N)C#N)N1CCCC1CN(C)C. The van der Waals surface area contributed by atoms with Crippen LogP contribution >= 0.6 is 0 Å². The zero-order valence-corrected chi connectivity index (χ0v) is 11.6. The molecule has 0 aliphatic carbocycles. The average molecular weight is 238 g/mol. The van der Waals surface area contributed by atoms with E-state index in [1.807, 2.05) is 6.92 Å². The number of hydrogen-bond acceptors (Lipinski definition) is 4. The number of nitrogens with two attached hydrogens (primary N) is 1. The molecule has 0 aromatic rings. The molecule has 0 spiro atoms. The minimum Gasteiger partial charge on any atom is -0.314 e. The number of nitriles is 1. The van der Waals surface area contributed by atoms with Crippen molar-refractivity contribution in [2.45, 2.75) is 50.7 Å². The van der Waals surface area contributed by atoms with Gasteiger partial charge in [0.2, 0.25) is 0 Å². The number of rotatable bonds is 5. The fourth-order valence-corrected chi connectivity index (χ4v) is 2.83. The van der Waals surface area contributed by atoms with Gasteiger partial charge in [0, 0.05) is 18.6 Å². The number of likely N-dealkylation sites (N-methyl/N-ethyl adjacent to an activating group) is 1. The molecule has 1 saturated heterocycles. The second-order valence-corrected chi connectivity index (χ2v) is 5.88. The summed E-state index contributed by atoms with van der Waals surface area (Å²) in [5.41, 5.74) is 5.23. The van der Waals surface area contributed by atoms with Gasteiger partial charge >= 0.3 is 0 Å². The van der Waals surface area contributed by atoms with Crippen LogP contribution in [0.25, 0.3) is 0 Å². The predicted molar refractivity (Wildman–Crippen MR) is 70.6 cm³/mol. The van der Waals surface area contributed by atoms with Crippen LogP contribution in [-0.2, 0) is 0 Å². The van der Waals surface area contributed by atoms with Gasteiger partial charge in [-0.25, -0.2) is 0 Å². The lowest BCUT2D eigenvalue weighted by molar-refractivity contribution is 0.145. The van der Waals surface area contributed by atoms with Gasteiger partial charge in [-0.1, -0.05) is 0 Å². The summed E-state index contributed by atoms with van der Waals surface area (Å²) in [7, 11) is 4.23. The Hall–Kier alpha value is -0.630. The van der Waals surface area contributed by atoms with E-state index in [1.165, 1.54) is 12.8 Å². The summed E-state index contributed by atoms with van der Waals surface area (Å²) in [6.07, 6.45) is 3.26. The van der Waals surface area contributed by atoms with Crippen LogP contribution in [0.4, 0.5) is 0 Å². The van der Waals surface area contributed by atoms with E-state index in [0.29, 0.717) is 12.1 Å². The van der Waals surface area contributed by atoms with Crippen molar-refractivity contribution in [1.82, 2.24) is 9.80 Å². The van der Waals surface area contributed by atoms with E-state index in [2.05, 4.69) is 36.9 Å². The molecule has 1 rings (SSSR count). The molecule has 0 aromatic carbocycles. The average Bonchev–Trinajstić information content (AvgIpc) is 2.64. The van der Waals surface area contributed by atoms with Crippen molar-refractivity contribution >= 4 is 0 Å². The minimum atomic E-state index is -0.704. The van der Waals surface area contributed by atoms with Gasteiger partial charge in [0.05, 0.1) is 6.07 Å².